The third-order valence-corrected chi connectivity index (χ3v) is 4.60. The van der Waals surface area contributed by atoms with Crippen LogP contribution in [0.1, 0.15) is 12.0 Å². The van der Waals surface area contributed by atoms with Crippen LogP contribution in [-0.2, 0) is 9.59 Å². The smallest absolute Gasteiger partial charge is 0.352 e. The Bertz CT molecular complexity index is 621. The van der Waals surface area contributed by atoms with Crippen LogP contribution in [-0.4, -0.2) is 33.0 Å². The number of carboxylic acids is 1. The lowest BCUT2D eigenvalue weighted by Gasteiger charge is -2.43. The number of allylic oxidation sites excluding steroid dienone is 1. The average molecular weight is 287 g/mol. The summed E-state index contributed by atoms with van der Waals surface area (Å²) in [6.45, 7) is 0. The summed E-state index contributed by atoms with van der Waals surface area (Å²) in [6, 6.07) is 9.68. The normalized spacial score (nSPS) is 21.9. The van der Waals surface area contributed by atoms with E-state index in [-0.39, 0.29) is 17.0 Å². The van der Waals surface area contributed by atoms with Crippen molar-refractivity contribution in [2.45, 2.75) is 11.8 Å². The van der Waals surface area contributed by atoms with Crippen LogP contribution in [0.3, 0.4) is 0 Å². The first-order valence-corrected chi connectivity index (χ1v) is 7.35. The monoisotopic (exact) mass is 287 g/mol. The SMILES string of the molecule is O=C(O)C1=C(C=Cc2ccccc2)CS[C@@H]2CC(=O)N12. The number of rotatable bonds is 3. The minimum Gasteiger partial charge on any atom is -0.477 e. The van der Waals surface area contributed by atoms with Gasteiger partial charge in [-0.1, -0.05) is 42.5 Å². The van der Waals surface area contributed by atoms with E-state index in [1.807, 2.05) is 36.4 Å². The van der Waals surface area contributed by atoms with Crippen molar-refractivity contribution >= 4 is 29.7 Å². The van der Waals surface area contributed by atoms with Gasteiger partial charge < -0.3 is 5.11 Å². The number of carbonyl (C=O) groups excluding carboxylic acids is 1. The summed E-state index contributed by atoms with van der Waals surface area (Å²) >= 11 is 1.61. The molecule has 0 aliphatic carbocycles. The lowest BCUT2D eigenvalue weighted by atomic mass is 10.1. The van der Waals surface area contributed by atoms with E-state index in [1.165, 1.54) is 4.90 Å². The molecule has 0 radical (unpaired) electrons. The van der Waals surface area contributed by atoms with E-state index < -0.39 is 5.97 Å². The highest BCUT2D eigenvalue weighted by atomic mass is 32.2. The molecule has 1 fully saturated rings. The molecule has 1 atom stereocenters. The van der Waals surface area contributed by atoms with Gasteiger partial charge in [0.1, 0.15) is 5.70 Å². The van der Waals surface area contributed by atoms with Gasteiger partial charge in [-0.2, -0.15) is 0 Å². The van der Waals surface area contributed by atoms with Crippen molar-refractivity contribution in [2.75, 3.05) is 5.75 Å². The Balaban J connectivity index is 1.93. The van der Waals surface area contributed by atoms with Crippen LogP contribution in [0.25, 0.3) is 6.08 Å². The number of fused-ring (bicyclic) bond motifs is 1. The molecule has 0 aromatic heterocycles. The molecule has 4 nitrogen and oxygen atoms in total. The molecular formula is C15H13NO3S. The molecule has 2 aliphatic rings. The van der Waals surface area contributed by atoms with Crippen LogP contribution in [0.5, 0.6) is 0 Å². The number of aliphatic carboxylic acids is 1. The molecule has 1 amide bonds. The number of β-lactam (4-membered cyclic amide) rings is 1. The standard InChI is InChI=1S/C15H13NO3S/c17-12-8-13-16(12)14(15(18)19)11(9-20-13)7-6-10-4-2-1-3-5-10/h1-7,13H,8-9H2,(H,18,19)/t13-/m1/s1. The van der Waals surface area contributed by atoms with Crippen molar-refractivity contribution in [1.29, 1.82) is 0 Å². The molecule has 3 rings (SSSR count). The number of carbonyl (C=O) groups is 2. The van der Waals surface area contributed by atoms with E-state index in [2.05, 4.69) is 0 Å². The van der Waals surface area contributed by atoms with Crippen molar-refractivity contribution in [3.05, 3.63) is 53.2 Å². The average Bonchev–Trinajstić information content (AvgIpc) is 2.45. The second-order valence-electron chi connectivity index (χ2n) is 4.66. The van der Waals surface area contributed by atoms with E-state index in [9.17, 15) is 14.7 Å². The Labute approximate surface area is 120 Å². The molecule has 2 aliphatic heterocycles. The highest BCUT2D eigenvalue weighted by Gasteiger charge is 2.44. The summed E-state index contributed by atoms with van der Waals surface area (Å²) in [4.78, 5) is 24.4. The maximum atomic E-state index is 11.6. The molecule has 20 heavy (non-hydrogen) atoms. The molecule has 1 saturated heterocycles. The highest BCUT2D eigenvalue weighted by molar-refractivity contribution is 8.00. The van der Waals surface area contributed by atoms with Gasteiger partial charge in [0.15, 0.2) is 0 Å². The van der Waals surface area contributed by atoms with E-state index in [0.717, 1.165) is 5.56 Å². The van der Waals surface area contributed by atoms with E-state index in [4.69, 9.17) is 0 Å². The number of hydrogen-bond acceptors (Lipinski definition) is 3. The van der Waals surface area contributed by atoms with Crippen molar-refractivity contribution in [3.8, 4) is 0 Å². The molecule has 102 valence electrons. The van der Waals surface area contributed by atoms with Gasteiger partial charge >= 0.3 is 5.97 Å². The molecule has 0 saturated carbocycles. The highest BCUT2D eigenvalue weighted by Crippen LogP contribution is 2.40. The maximum absolute atomic E-state index is 11.6. The van der Waals surface area contributed by atoms with E-state index in [1.54, 1.807) is 17.8 Å². The lowest BCUT2D eigenvalue weighted by molar-refractivity contribution is -0.146. The van der Waals surface area contributed by atoms with Gasteiger partial charge in [-0.05, 0) is 11.1 Å². The van der Waals surface area contributed by atoms with Crippen LogP contribution in [0.4, 0.5) is 0 Å². The third-order valence-electron chi connectivity index (χ3n) is 3.36. The first kappa shape index (κ1) is 13.0. The Hall–Kier alpha value is -2.01. The summed E-state index contributed by atoms with van der Waals surface area (Å²) in [5.74, 6) is -0.513. The van der Waals surface area contributed by atoms with Gasteiger partial charge in [-0.15, -0.1) is 11.8 Å². The second-order valence-corrected chi connectivity index (χ2v) is 5.82. The number of thioether (sulfide) groups is 1. The summed E-state index contributed by atoms with van der Waals surface area (Å²) in [5, 5.41) is 9.35. The van der Waals surface area contributed by atoms with Gasteiger partial charge in [0.05, 0.1) is 11.8 Å². The van der Waals surface area contributed by atoms with Crippen LogP contribution >= 0.6 is 11.8 Å². The summed E-state index contributed by atoms with van der Waals surface area (Å²) in [7, 11) is 0. The fourth-order valence-electron chi connectivity index (χ4n) is 2.33. The zero-order valence-corrected chi connectivity index (χ0v) is 11.5. The molecule has 0 unspecified atom stereocenters. The quantitative estimate of drug-likeness (QED) is 0.867. The number of benzene rings is 1. The van der Waals surface area contributed by atoms with Crippen LogP contribution in [0, 0.1) is 0 Å². The Kier molecular flexibility index (Phi) is 3.36. The Morgan fingerprint density at radius 1 is 1.30 bits per heavy atom. The van der Waals surface area contributed by atoms with Crippen molar-refractivity contribution in [3.63, 3.8) is 0 Å². The lowest BCUT2D eigenvalue weighted by Crippen LogP contribution is -2.53. The topological polar surface area (TPSA) is 57.6 Å². The van der Waals surface area contributed by atoms with Crippen LogP contribution in [0.15, 0.2) is 47.7 Å². The van der Waals surface area contributed by atoms with E-state index >= 15 is 0 Å². The molecule has 1 N–H and O–H groups in total. The fraction of sp³-hybridized carbons (Fsp3) is 0.200. The van der Waals surface area contributed by atoms with Gasteiger partial charge in [0.25, 0.3) is 0 Å². The first-order valence-electron chi connectivity index (χ1n) is 6.30. The van der Waals surface area contributed by atoms with Gasteiger partial charge in [-0.25, -0.2) is 4.79 Å². The van der Waals surface area contributed by atoms with Gasteiger partial charge in [0.2, 0.25) is 5.91 Å². The van der Waals surface area contributed by atoms with Crippen LogP contribution < -0.4 is 0 Å². The minimum absolute atomic E-state index is 0.00229. The minimum atomic E-state index is -1.03. The van der Waals surface area contributed by atoms with Crippen molar-refractivity contribution < 1.29 is 14.7 Å². The maximum Gasteiger partial charge on any atom is 0.352 e. The third kappa shape index (κ3) is 2.25. The fourth-order valence-corrected chi connectivity index (χ4v) is 3.56. The van der Waals surface area contributed by atoms with E-state index in [0.29, 0.717) is 17.7 Å². The number of nitrogens with zero attached hydrogens (tertiary/aromatic N) is 1. The molecular weight excluding hydrogens is 274 g/mol. The zero-order valence-electron chi connectivity index (χ0n) is 10.7. The molecule has 2 heterocycles. The summed E-state index contributed by atoms with van der Waals surface area (Å²) in [5.41, 5.74) is 1.83. The molecule has 1 aromatic carbocycles. The number of carboxylic acid groups (broad SMARTS) is 1. The molecule has 5 heteroatoms. The Morgan fingerprint density at radius 2 is 2.05 bits per heavy atom. The van der Waals surface area contributed by atoms with Crippen LogP contribution in [0.2, 0.25) is 0 Å². The summed E-state index contributed by atoms with van der Waals surface area (Å²) in [6.07, 6.45) is 4.12. The predicted molar refractivity (Wildman–Crippen MR) is 77.8 cm³/mol. The predicted octanol–water partition coefficient (Wildman–Crippen LogP) is 2.34. The zero-order chi connectivity index (χ0) is 14.1. The first-order chi connectivity index (χ1) is 9.66. The molecule has 1 aromatic rings. The Morgan fingerprint density at radius 3 is 2.70 bits per heavy atom. The second kappa shape index (κ2) is 5.17. The molecule has 0 spiro atoms. The summed E-state index contributed by atoms with van der Waals surface area (Å²) < 4.78 is 0. The van der Waals surface area contributed by atoms with Gasteiger partial charge in [0, 0.05) is 5.75 Å². The van der Waals surface area contributed by atoms with Crippen molar-refractivity contribution in [1.82, 2.24) is 4.90 Å². The number of amides is 1. The number of hydrogen-bond donors (Lipinski definition) is 1. The molecule has 0 bridgehead atoms. The van der Waals surface area contributed by atoms with Crippen molar-refractivity contribution in [2.24, 2.45) is 0 Å². The van der Waals surface area contributed by atoms with Gasteiger partial charge in [-0.3, -0.25) is 9.69 Å². The largest absolute Gasteiger partial charge is 0.477 e.